The van der Waals surface area contributed by atoms with Crippen molar-refractivity contribution < 1.29 is 13.2 Å². The van der Waals surface area contributed by atoms with Gasteiger partial charge in [-0.3, -0.25) is 4.98 Å². The van der Waals surface area contributed by atoms with Crippen molar-refractivity contribution in [3.8, 4) is 5.75 Å². The number of aromatic nitrogens is 1. The Morgan fingerprint density at radius 1 is 1.30 bits per heavy atom. The summed E-state index contributed by atoms with van der Waals surface area (Å²) in [5.74, 6) is 0.474. The molecule has 1 aromatic carbocycles. The quantitative estimate of drug-likeness (QED) is 0.882. The molecule has 20 heavy (non-hydrogen) atoms. The van der Waals surface area contributed by atoms with E-state index in [0.29, 0.717) is 18.8 Å². The number of nitrogens with zero attached hydrogens (tertiary/aromatic N) is 1. The lowest BCUT2D eigenvalue weighted by atomic mass is 10.1. The van der Waals surface area contributed by atoms with Crippen LogP contribution < -0.4 is 9.88 Å². The van der Waals surface area contributed by atoms with Gasteiger partial charge in [0.25, 0.3) is 0 Å². The molecule has 0 aliphatic rings. The van der Waals surface area contributed by atoms with E-state index >= 15 is 0 Å². The Labute approximate surface area is 118 Å². The molecule has 0 aliphatic heterocycles. The number of para-hydroxylation sites is 1. The zero-order valence-corrected chi connectivity index (χ0v) is 12.1. The van der Waals surface area contributed by atoms with Crippen molar-refractivity contribution in [2.24, 2.45) is 11.1 Å². The fourth-order valence-electron chi connectivity index (χ4n) is 2.01. The molecule has 0 bridgehead atoms. The Hall–Kier alpha value is -1.66. The number of hydrogen-bond acceptors (Lipinski definition) is 4. The van der Waals surface area contributed by atoms with Gasteiger partial charge in [-0.2, -0.15) is 0 Å². The summed E-state index contributed by atoms with van der Waals surface area (Å²) in [6, 6.07) is 9.49. The van der Waals surface area contributed by atoms with Crippen molar-refractivity contribution in [1.29, 1.82) is 0 Å². The van der Waals surface area contributed by atoms with Crippen LogP contribution in [-0.2, 0) is 10.0 Å². The van der Waals surface area contributed by atoms with E-state index < -0.39 is 10.0 Å². The Kier molecular flexibility index (Phi) is 4.57. The molecule has 1 atom stereocenters. The van der Waals surface area contributed by atoms with Crippen LogP contribution in [0.5, 0.6) is 5.75 Å². The van der Waals surface area contributed by atoms with Crippen molar-refractivity contribution in [2.75, 3.05) is 12.4 Å². The van der Waals surface area contributed by atoms with Crippen LogP contribution in [0.3, 0.4) is 0 Å². The molecule has 1 heterocycles. The average Bonchev–Trinajstić information content (AvgIpc) is 2.42. The standard InChI is InChI=1S/C14H18N2O3S/c1-2-11(10-20(15,17)18)9-19-13-7-3-5-12-6-4-8-16-14(12)13/h3-8,11H,2,9-10H2,1H3,(H2,15,17,18). The monoisotopic (exact) mass is 294 g/mol. The average molecular weight is 294 g/mol. The lowest BCUT2D eigenvalue weighted by Crippen LogP contribution is -2.26. The summed E-state index contributed by atoms with van der Waals surface area (Å²) in [6.45, 7) is 2.23. The van der Waals surface area contributed by atoms with Gasteiger partial charge in [0.15, 0.2) is 0 Å². The number of sulfonamides is 1. The molecule has 0 spiro atoms. The second-order valence-corrected chi connectivity index (χ2v) is 6.41. The molecule has 0 aliphatic carbocycles. The van der Waals surface area contributed by atoms with Gasteiger partial charge in [0.1, 0.15) is 11.3 Å². The molecule has 0 amide bonds. The summed E-state index contributed by atoms with van der Waals surface area (Å²) in [4.78, 5) is 4.29. The molecule has 2 rings (SSSR count). The third kappa shape index (κ3) is 3.91. The molecule has 2 N–H and O–H groups in total. The fraction of sp³-hybridized carbons (Fsp3) is 0.357. The second-order valence-electron chi connectivity index (χ2n) is 4.75. The van der Waals surface area contributed by atoms with Gasteiger partial charge in [0.05, 0.1) is 12.4 Å². The number of rotatable bonds is 6. The summed E-state index contributed by atoms with van der Waals surface area (Å²) in [6.07, 6.45) is 2.39. The normalized spacial score (nSPS) is 13.3. The van der Waals surface area contributed by atoms with E-state index in [-0.39, 0.29) is 11.7 Å². The summed E-state index contributed by atoms with van der Waals surface area (Å²) >= 11 is 0. The van der Waals surface area contributed by atoms with E-state index in [9.17, 15) is 8.42 Å². The maximum atomic E-state index is 11.1. The minimum absolute atomic E-state index is 0.0678. The Bertz CT molecular complexity index is 680. The molecule has 0 fully saturated rings. The van der Waals surface area contributed by atoms with Crippen LogP contribution in [0.25, 0.3) is 10.9 Å². The minimum Gasteiger partial charge on any atom is -0.491 e. The first-order valence-electron chi connectivity index (χ1n) is 6.46. The van der Waals surface area contributed by atoms with Crippen LogP contribution in [-0.4, -0.2) is 25.8 Å². The Balaban J connectivity index is 2.12. The van der Waals surface area contributed by atoms with Gasteiger partial charge >= 0.3 is 0 Å². The second kappa shape index (κ2) is 6.19. The largest absolute Gasteiger partial charge is 0.491 e. The van der Waals surface area contributed by atoms with Gasteiger partial charge in [0, 0.05) is 17.5 Å². The predicted octanol–water partition coefficient (Wildman–Crippen LogP) is 1.93. The molecule has 108 valence electrons. The van der Waals surface area contributed by atoms with Gasteiger partial charge in [-0.05, 0) is 18.6 Å². The summed E-state index contributed by atoms with van der Waals surface area (Å²) in [5, 5.41) is 6.07. The number of benzene rings is 1. The topological polar surface area (TPSA) is 82.3 Å². The first-order chi connectivity index (χ1) is 9.49. The van der Waals surface area contributed by atoms with E-state index in [0.717, 1.165) is 10.9 Å². The first-order valence-corrected chi connectivity index (χ1v) is 8.18. The number of ether oxygens (including phenoxy) is 1. The zero-order valence-electron chi connectivity index (χ0n) is 11.3. The lowest BCUT2D eigenvalue weighted by Gasteiger charge is -2.15. The molecular formula is C14H18N2O3S. The molecule has 1 unspecified atom stereocenters. The highest BCUT2D eigenvalue weighted by atomic mass is 32.2. The zero-order chi connectivity index (χ0) is 14.6. The minimum atomic E-state index is -3.48. The predicted molar refractivity (Wildman–Crippen MR) is 79.0 cm³/mol. The van der Waals surface area contributed by atoms with Gasteiger partial charge in [0.2, 0.25) is 10.0 Å². The van der Waals surface area contributed by atoms with Gasteiger partial charge in [-0.25, -0.2) is 13.6 Å². The first kappa shape index (κ1) is 14.7. The lowest BCUT2D eigenvalue weighted by molar-refractivity contribution is 0.260. The van der Waals surface area contributed by atoms with Gasteiger partial charge < -0.3 is 4.74 Å². The summed E-state index contributed by atoms with van der Waals surface area (Å²) < 4.78 is 28.0. The van der Waals surface area contributed by atoms with Gasteiger partial charge in [-0.15, -0.1) is 0 Å². The molecule has 0 saturated heterocycles. The molecule has 5 nitrogen and oxygen atoms in total. The van der Waals surface area contributed by atoms with E-state index in [1.54, 1.807) is 6.20 Å². The number of hydrogen-bond donors (Lipinski definition) is 1. The summed E-state index contributed by atoms with van der Waals surface area (Å²) in [7, 11) is -3.48. The highest BCUT2D eigenvalue weighted by Crippen LogP contribution is 2.23. The molecular weight excluding hydrogens is 276 g/mol. The van der Waals surface area contributed by atoms with Crippen molar-refractivity contribution >= 4 is 20.9 Å². The fourth-order valence-corrected chi connectivity index (χ4v) is 3.00. The highest BCUT2D eigenvalue weighted by molar-refractivity contribution is 7.89. The van der Waals surface area contributed by atoms with Crippen LogP contribution in [0.15, 0.2) is 36.5 Å². The van der Waals surface area contributed by atoms with Crippen molar-refractivity contribution in [3.63, 3.8) is 0 Å². The number of nitrogens with two attached hydrogens (primary N) is 1. The SMILES string of the molecule is CCC(COc1cccc2cccnc12)CS(N)(=O)=O. The number of pyridine rings is 1. The van der Waals surface area contributed by atoms with E-state index in [2.05, 4.69) is 4.98 Å². The van der Waals surface area contributed by atoms with Crippen LogP contribution in [0.4, 0.5) is 0 Å². The van der Waals surface area contributed by atoms with Crippen LogP contribution in [0.1, 0.15) is 13.3 Å². The molecule has 0 saturated carbocycles. The molecule has 2 aromatic rings. The van der Waals surface area contributed by atoms with Crippen molar-refractivity contribution in [2.45, 2.75) is 13.3 Å². The third-order valence-corrected chi connectivity index (χ3v) is 4.05. The number of primary sulfonamides is 1. The third-order valence-electron chi connectivity index (χ3n) is 3.12. The van der Waals surface area contributed by atoms with Gasteiger partial charge in [-0.1, -0.05) is 25.1 Å². The summed E-state index contributed by atoms with van der Waals surface area (Å²) in [5.41, 5.74) is 0.778. The highest BCUT2D eigenvalue weighted by Gasteiger charge is 2.15. The maximum Gasteiger partial charge on any atom is 0.209 e. The molecule has 6 heteroatoms. The van der Waals surface area contributed by atoms with E-state index in [1.165, 1.54) is 0 Å². The van der Waals surface area contributed by atoms with Crippen LogP contribution in [0.2, 0.25) is 0 Å². The van der Waals surface area contributed by atoms with Crippen LogP contribution in [0, 0.1) is 5.92 Å². The Morgan fingerprint density at radius 2 is 2.05 bits per heavy atom. The molecule has 1 aromatic heterocycles. The van der Waals surface area contributed by atoms with E-state index in [1.807, 2.05) is 37.3 Å². The van der Waals surface area contributed by atoms with Crippen molar-refractivity contribution in [1.82, 2.24) is 4.98 Å². The maximum absolute atomic E-state index is 11.1. The Morgan fingerprint density at radius 3 is 2.75 bits per heavy atom. The van der Waals surface area contributed by atoms with Crippen LogP contribution >= 0.6 is 0 Å². The smallest absolute Gasteiger partial charge is 0.209 e. The number of fused-ring (bicyclic) bond motifs is 1. The van der Waals surface area contributed by atoms with E-state index in [4.69, 9.17) is 9.88 Å². The van der Waals surface area contributed by atoms with Crippen molar-refractivity contribution in [3.05, 3.63) is 36.5 Å². The molecule has 0 radical (unpaired) electrons.